The standard InChI is InChI=1S/C5H8NO/c1-6-2-5(3-6)4-7/h5H,2-3H2,1H3. The summed E-state index contributed by atoms with van der Waals surface area (Å²) in [5.41, 5.74) is 0. The highest BCUT2D eigenvalue weighted by Gasteiger charge is 2.22. The summed E-state index contributed by atoms with van der Waals surface area (Å²) in [5.74, 6) is 0.213. The number of hydrogen-bond acceptors (Lipinski definition) is 2. The molecule has 0 spiro atoms. The quantitative estimate of drug-likeness (QED) is 0.447. The van der Waals surface area contributed by atoms with Gasteiger partial charge in [-0.2, -0.15) is 0 Å². The fraction of sp³-hybridized carbons (Fsp3) is 0.800. The second kappa shape index (κ2) is 1.62. The molecule has 0 bridgehead atoms. The molecule has 1 radical (unpaired) electrons. The van der Waals surface area contributed by atoms with Crippen LogP contribution in [-0.4, -0.2) is 31.3 Å². The van der Waals surface area contributed by atoms with Gasteiger partial charge in [-0.25, -0.2) is 0 Å². The van der Waals surface area contributed by atoms with Crippen molar-refractivity contribution < 1.29 is 4.79 Å². The molecule has 7 heavy (non-hydrogen) atoms. The summed E-state index contributed by atoms with van der Waals surface area (Å²) in [6.45, 7) is 1.81. The second-order valence-electron chi connectivity index (χ2n) is 2.04. The minimum Gasteiger partial charge on any atom is -0.305 e. The molecule has 0 N–H and O–H groups in total. The van der Waals surface area contributed by atoms with Crippen molar-refractivity contribution in [3.63, 3.8) is 0 Å². The van der Waals surface area contributed by atoms with E-state index in [1.807, 2.05) is 13.3 Å². The average Bonchev–Trinajstić information content (AvgIpc) is 1.58. The van der Waals surface area contributed by atoms with E-state index < -0.39 is 0 Å². The first-order valence-electron chi connectivity index (χ1n) is 2.39. The van der Waals surface area contributed by atoms with Gasteiger partial charge in [0.05, 0.1) is 5.92 Å². The first-order chi connectivity index (χ1) is 3.33. The van der Waals surface area contributed by atoms with E-state index >= 15 is 0 Å². The third kappa shape index (κ3) is 0.800. The monoisotopic (exact) mass is 98.1 g/mol. The molecule has 0 saturated carbocycles. The van der Waals surface area contributed by atoms with E-state index in [1.165, 1.54) is 0 Å². The van der Waals surface area contributed by atoms with E-state index in [9.17, 15) is 4.79 Å². The second-order valence-corrected chi connectivity index (χ2v) is 2.04. The van der Waals surface area contributed by atoms with E-state index in [0.717, 1.165) is 13.1 Å². The van der Waals surface area contributed by atoms with Gasteiger partial charge in [0.2, 0.25) is 6.29 Å². The van der Waals surface area contributed by atoms with E-state index in [4.69, 9.17) is 0 Å². The van der Waals surface area contributed by atoms with Crippen molar-refractivity contribution in [2.45, 2.75) is 0 Å². The molecule has 1 fully saturated rings. The van der Waals surface area contributed by atoms with Crippen molar-refractivity contribution in [1.82, 2.24) is 4.90 Å². The maximum Gasteiger partial charge on any atom is 0.204 e. The first kappa shape index (κ1) is 4.78. The Hall–Kier alpha value is -0.370. The summed E-state index contributed by atoms with van der Waals surface area (Å²) < 4.78 is 0. The van der Waals surface area contributed by atoms with Crippen molar-refractivity contribution >= 4 is 6.29 Å². The zero-order chi connectivity index (χ0) is 5.28. The van der Waals surface area contributed by atoms with E-state index in [2.05, 4.69) is 4.90 Å². The van der Waals surface area contributed by atoms with Crippen molar-refractivity contribution in [3.05, 3.63) is 0 Å². The Morgan fingerprint density at radius 2 is 2.29 bits per heavy atom. The zero-order valence-electron chi connectivity index (χ0n) is 4.35. The van der Waals surface area contributed by atoms with Crippen molar-refractivity contribution in [3.8, 4) is 0 Å². The Bertz CT molecular complexity index is 76.1. The molecule has 1 aliphatic heterocycles. The van der Waals surface area contributed by atoms with Crippen molar-refractivity contribution in [2.75, 3.05) is 20.1 Å². The molecule has 0 aliphatic carbocycles. The molecular formula is C5H8NO. The molecule has 1 aliphatic rings. The SMILES string of the molecule is CN1CC([C]=O)C1. The number of nitrogens with zero attached hydrogens (tertiary/aromatic N) is 1. The van der Waals surface area contributed by atoms with Crippen LogP contribution in [0.4, 0.5) is 0 Å². The fourth-order valence-corrected chi connectivity index (χ4v) is 0.774. The molecule has 0 amide bonds. The highest BCUT2D eigenvalue weighted by atomic mass is 16.1. The normalized spacial score (nSPS) is 24.1. The Balaban J connectivity index is 2.17. The summed E-state index contributed by atoms with van der Waals surface area (Å²) in [6.07, 6.45) is 1.94. The Morgan fingerprint density at radius 3 is 2.43 bits per heavy atom. The number of hydrogen-bond donors (Lipinski definition) is 0. The lowest BCUT2D eigenvalue weighted by Crippen LogP contribution is -2.44. The molecular weight excluding hydrogens is 90.1 g/mol. The van der Waals surface area contributed by atoms with Crippen LogP contribution >= 0.6 is 0 Å². The van der Waals surface area contributed by atoms with Crippen LogP contribution in [0.25, 0.3) is 0 Å². The smallest absolute Gasteiger partial charge is 0.204 e. The number of rotatable bonds is 1. The van der Waals surface area contributed by atoms with Gasteiger partial charge in [0, 0.05) is 13.1 Å². The lowest BCUT2D eigenvalue weighted by Gasteiger charge is -2.31. The first-order valence-corrected chi connectivity index (χ1v) is 2.39. The third-order valence-corrected chi connectivity index (χ3v) is 1.23. The van der Waals surface area contributed by atoms with Crippen molar-refractivity contribution in [2.24, 2.45) is 5.92 Å². The Labute approximate surface area is 43.1 Å². The molecule has 0 atom stereocenters. The molecule has 2 nitrogen and oxygen atoms in total. The summed E-state index contributed by atoms with van der Waals surface area (Å²) in [6, 6.07) is 0. The Kier molecular flexibility index (Phi) is 1.11. The van der Waals surface area contributed by atoms with Crippen LogP contribution in [0.2, 0.25) is 0 Å². The van der Waals surface area contributed by atoms with Crippen LogP contribution in [0.1, 0.15) is 0 Å². The van der Waals surface area contributed by atoms with Gasteiger partial charge in [-0.1, -0.05) is 0 Å². The molecule has 1 heterocycles. The van der Waals surface area contributed by atoms with E-state index in [0.29, 0.717) is 0 Å². The highest BCUT2D eigenvalue weighted by molar-refractivity contribution is 5.56. The topological polar surface area (TPSA) is 20.3 Å². The summed E-state index contributed by atoms with van der Waals surface area (Å²) >= 11 is 0. The number of likely N-dealkylation sites (tertiary alicyclic amines) is 1. The molecule has 0 aromatic rings. The van der Waals surface area contributed by atoms with Gasteiger partial charge in [-0.15, -0.1) is 0 Å². The molecule has 1 saturated heterocycles. The van der Waals surface area contributed by atoms with Gasteiger partial charge in [-0.05, 0) is 7.05 Å². The largest absolute Gasteiger partial charge is 0.305 e. The molecule has 0 unspecified atom stereocenters. The maximum atomic E-state index is 9.78. The lowest BCUT2D eigenvalue weighted by atomic mass is 10.0. The molecule has 1 rings (SSSR count). The summed E-state index contributed by atoms with van der Waals surface area (Å²) in [7, 11) is 1.99. The highest BCUT2D eigenvalue weighted by Crippen LogP contribution is 2.07. The average molecular weight is 98.1 g/mol. The summed E-state index contributed by atoms with van der Waals surface area (Å²) in [4.78, 5) is 11.9. The van der Waals surface area contributed by atoms with Crippen LogP contribution in [-0.2, 0) is 4.79 Å². The van der Waals surface area contributed by atoms with E-state index in [-0.39, 0.29) is 5.92 Å². The van der Waals surface area contributed by atoms with Crippen LogP contribution in [0.3, 0.4) is 0 Å². The fourth-order valence-electron chi connectivity index (χ4n) is 0.774. The van der Waals surface area contributed by atoms with E-state index in [1.54, 1.807) is 0 Å². The predicted octanol–water partition coefficient (Wildman–Crippen LogP) is -0.342. The van der Waals surface area contributed by atoms with Crippen LogP contribution < -0.4 is 0 Å². The molecule has 2 heteroatoms. The maximum absolute atomic E-state index is 9.78. The van der Waals surface area contributed by atoms with Gasteiger partial charge < -0.3 is 4.90 Å². The molecule has 39 valence electrons. The summed E-state index contributed by atoms with van der Waals surface area (Å²) in [5, 5.41) is 0. The number of carbonyl (C=O) groups excluding carboxylic acids is 1. The third-order valence-electron chi connectivity index (χ3n) is 1.23. The minimum absolute atomic E-state index is 0.213. The zero-order valence-corrected chi connectivity index (χ0v) is 4.35. The minimum atomic E-state index is 0.213. The molecule has 0 aromatic heterocycles. The lowest BCUT2D eigenvalue weighted by molar-refractivity contribution is 0.179. The predicted molar refractivity (Wildman–Crippen MR) is 26.7 cm³/mol. The Morgan fingerprint density at radius 1 is 1.71 bits per heavy atom. The van der Waals surface area contributed by atoms with Gasteiger partial charge in [-0.3, -0.25) is 4.79 Å². The van der Waals surface area contributed by atoms with Crippen molar-refractivity contribution in [1.29, 1.82) is 0 Å². The molecule has 0 aromatic carbocycles. The van der Waals surface area contributed by atoms with Gasteiger partial charge in [0.1, 0.15) is 0 Å². The van der Waals surface area contributed by atoms with Crippen LogP contribution in [0, 0.1) is 5.92 Å². The van der Waals surface area contributed by atoms with Gasteiger partial charge in [0.25, 0.3) is 0 Å². The van der Waals surface area contributed by atoms with Gasteiger partial charge in [0.15, 0.2) is 0 Å². The van der Waals surface area contributed by atoms with Crippen LogP contribution in [0.15, 0.2) is 0 Å². The van der Waals surface area contributed by atoms with Gasteiger partial charge >= 0.3 is 0 Å². The van der Waals surface area contributed by atoms with Crippen LogP contribution in [0.5, 0.6) is 0 Å².